The van der Waals surface area contributed by atoms with Gasteiger partial charge in [0.05, 0.1) is 0 Å². The number of aromatic amines is 1. The Morgan fingerprint density at radius 2 is 1.75 bits per heavy atom. The summed E-state index contributed by atoms with van der Waals surface area (Å²) in [6.45, 7) is 18.6. The number of hydrogen-bond donors (Lipinski definition) is 3. The van der Waals surface area contributed by atoms with Gasteiger partial charge in [-0.3, -0.25) is 15.1 Å². The second kappa shape index (κ2) is 9.99. The lowest BCUT2D eigenvalue weighted by molar-refractivity contribution is 0.252. The van der Waals surface area contributed by atoms with E-state index in [0.29, 0.717) is 12.2 Å². The van der Waals surface area contributed by atoms with Crippen molar-refractivity contribution in [3.8, 4) is 0 Å². The molecule has 3 N–H and O–H groups in total. The molecule has 0 spiro atoms. The molecule has 1 rings (SSSR count). The van der Waals surface area contributed by atoms with E-state index in [1.807, 2.05) is 0 Å². The van der Waals surface area contributed by atoms with Gasteiger partial charge in [0.25, 0.3) is 5.56 Å². The molecular weight excluding hydrogens is 404 g/mol. The molecule has 2 amide bonds. The normalized spacial score (nSPS) is 14.4. The van der Waals surface area contributed by atoms with Crippen LogP contribution in [0.3, 0.4) is 0 Å². The highest BCUT2D eigenvalue weighted by Gasteiger charge is 2.35. The summed E-state index contributed by atoms with van der Waals surface area (Å²) in [6, 6.07) is 4.56. The zero-order chi connectivity index (χ0) is 21.6. The van der Waals surface area contributed by atoms with Crippen LogP contribution in [-0.4, -0.2) is 47.3 Å². The van der Waals surface area contributed by atoms with E-state index in [4.69, 9.17) is 4.12 Å². The number of urea groups is 1. The molecule has 0 aliphatic rings. The summed E-state index contributed by atoms with van der Waals surface area (Å²) < 4.78 is 6.67. The summed E-state index contributed by atoms with van der Waals surface area (Å²) in [5, 5.41) is 5.43. The number of H-pyrrole nitrogens is 1. The molecule has 0 aromatic carbocycles. The van der Waals surface area contributed by atoms with E-state index in [-0.39, 0.29) is 17.5 Å². The topological polar surface area (TPSA) is 96.1 Å². The molecular formula is C18H38N4O3Si3. The number of carbonyl (C=O) groups is 1. The van der Waals surface area contributed by atoms with E-state index in [1.165, 1.54) is 18.2 Å². The molecule has 0 aliphatic carbocycles. The quantitative estimate of drug-likeness (QED) is 0.370. The molecule has 0 saturated carbocycles. The van der Waals surface area contributed by atoms with Crippen LogP contribution in [0.25, 0.3) is 0 Å². The predicted octanol–water partition coefficient (Wildman–Crippen LogP) is 4.35. The minimum atomic E-state index is -1.79. The zero-order valence-electron chi connectivity index (χ0n) is 18.8. The maximum absolute atomic E-state index is 12.1. The van der Waals surface area contributed by atoms with Gasteiger partial charge in [-0.2, -0.15) is 0 Å². The molecule has 0 bridgehead atoms. The molecule has 1 heterocycles. The van der Waals surface area contributed by atoms with E-state index in [1.54, 1.807) is 6.92 Å². The van der Waals surface area contributed by atoms with E-state index in [2.05, 4.69) is 66.4 Å². The lowest BCUT2D eigenvalue weighted by Crippen LogP contribution is -2.46. The maximum Gasteiger partial charge on any atom is 0.321 e. The Kier molecular flexibility index (Phi) is 8.85. The second-order valence-corrected chi connectivity index (χ2v) is 24.5. The Morgan fingerprint density at radius 1 is 1.11 bits per heavy atom. The number of rotatable bonds is 10. The highest BCUT2D eigenvalue weighted by atomic mass is 28.4. The van der Waals surface area contributed by atoms with Crippen LogP contribution < -0.4 is 16.2 Å². The number of carbonyl (C=O) groups excluding carboxylic acids is 1. The van der Waals surface area contributed by atoms with E-state index in [9.17, 15) is 9.59 Å². The Labute approximate surface area is 172 Å². The van der Waals surface area contributed by atoms with Crippen LogP contribution >= 0.6 is 0 Å². The molecule has 1 aromatic rings. The largest absolute Gasteiger partial charge is 0.456 e. The molecule has 0 radical (unpaired) electrons. The fraction of sp³-hybridized carbons (Fsp3) is 0.722. The molecule has 160 valence electrons. The van der Waals surface area contributed by atoms with Crippen molar-refractivity contribution >= 4 is 36.7 Å². The monoisotopic (exact) mass is 442 g/mol. The second-order valence-electron chi connectivity index (χ2n) is 9.94. The molecule has 0 saturated heterocycles. The first-order valence-corrected chi connectivity index (χ1v) is 19.9. The first kappa shape index (κ1) is 24.8. The van der Waals surface area contributed by atoms with E-state index < -0.39 is 24.7 Å². The minimum absolute atomic E-state index is 0.166. The van der Waals surface area contributed by atoms with Crippen molar-refractivity contribution in [3.63, 3.8) is 0 Å². The van der Waals surface area contributed by atoms with Crippen LogP contribution in [0.1, 0.15) is 12.1 Å². The van der Waals surface area contributed by atoms with Gasteiger partial charge in [-0.05, 0) is 51.6 Å². The van der Waals surface area contributed by atoms with Gasteiger partial charge in [-0.15, -0.1) is 0 Å². The minimum Gasteiger partial charge on any atom is -0.456 e. The van der Waals surface area contributed by atoms with Gasteiger partial charge in [0.15, 0.2) is 16.6 Å². The zero-order valence-corrected chi connectivity index (χ0v) is 21.8. The van der Waals surface area contributed by atoms with Gasteiger partial charge < -0.3 is 9.43 Å². The van der Waals surface area contributed by atoms with Gasteiger partial charge in [0.1, 0.15) is 0 Å². The predicted molar refractivity (Wildman–Crippen MR) is 125 cm³/mol. The fourth-order valence-corrected chi connectivity index (χ4v) is 16.1. The van der Waals surface area contributed by atoms with Crippen molar-refractivity contribution in [1.29, 1.82) is 0 Å². The van der Waals surface area contributed by atoms with Crippen LogP contribution in [0.15, 0.2) is 10.9 Å². The van der Waals surface area contributed by atoms with Crippen molar-refractivity contribution in [2.45, 2.75) is 77.3 Å². The van der Waals surface area contributed by atoms with Gasteiger partial charge in [-0.25, -0.2) is 9.78 Å². The molecule has 0 aliphatic heterocycles. The van der Waals surface area contributed by atoms with Crippen LogP contribution in [-0.2, 0) is 4.12 Å². The van der Waals surface area contributed by atoms with E-state index >= 15 is 0 Å². The molecule has 1 atom stereocenters. The first-order chi connectivity index (χ1) is 12.7. The summed E-state index contributed by atoms with van der Waals surface area (Å²) in [5.41, 5.74) is 0.280. The van der Waals surface area contributed by atoms with Gasteiger partial charge in [-0.1, -0.05) is 25.7 Å². The Bertz CT molecular complexity index is 713. The van der Waals surface area contributed by atoms with E-state index in [0.717, 1.165) is 12.5 Å². The van der Waals surface area contributed by atoms with Crippen molar-refractivity contribution in [2.24, 2.45) is 0 Å². The highest BCUT2D eigenvalue weighted by Crippen LogP contribution is 2.28. The number of anilines is 1. The molecule has 28 heavy (non-hydrogen) atoms. The van der Waals surface area contributed by atoms with Gasteiger partial charge in [0.2, 0.25) is 5.95 Å². The Hall–Kier alpha value is -1.24. The number of amides is 2. The third kappa shape index (κ3) is 10.9. The number of nitrogens with zero attached hydrogens (tertiary/aromatic N) is 1. The smallest absolute Gasteiger partial charge is 0.321 e. The number of aryl methyl sites for hydroxylation is 1. The SMILES string of the molecule is Cc1cc(=O)[nH]c(NC(=O)NCCC[Si](C)(CC[Si](C)(C)C)O[Si](C)(C)C)n1. The van der Waals surface area contributed by atoms with Gasteiger partial charge >= 0.3 is 6.03 Å². The summed E-state index contributed by atoms with van der Waals surface area (Å²) in [4.78, 5) is 30.1. The fourth-order valence-electron chi connectivity index (χ4n) is 3.06. The summed E-state index contributed by atoms with van der Waals surface area (Å²) in [5.74, 6) is 0.166. The summed E-state index contributed by atoms with van der Waals surface area (Å²) >= 11 is 0. The third-order valence-electron chi connectivity index (χ3n) is 4.23. The average Bonchev–Trinajstić information content (AvgIpc) is 2.46. The molecule has 7 nitrogen and oxygen atoms in total. The van der Waals surface area contributed by atoms with Crippen molar-refractivity contribution in [3.05, 3.63) is 22.1 Å². The molecule has 10 heteroatoms. The van der Waals surface area contributed by atoms with Crippen LogP contribution in [0.4, 0.5) is 10.7 Å². The number of aromatic nitrogens is 2. The summed E-state index contributed by atoms with van der Waals surface area (Å²) in [6.07, 6.45) is 0.893. The van der Waals surface area contributed by atoms with Crippen molar-refractivity contribution < 1.29 is 8.91 Å². The first-order valence-electron chi connectivity index (χ1n) is 10.0. The Balaban J connectivity index is 2.53. The number of nitrogens with one attached hydrogen (secondary N) is 3. The number of hydrogen-bond acceptors (Lipinski definition) is 4. The van der Waals surface area contributed by atoms with Gasteiger partial charge in [0, 0.05) is 26.4 Å². The molecule has 1 aromatic heterocycles. The van der Waals surface area contributed by atoms with Crippen molar-refractivity contribution in [2.75, 3.05) is 11.9 Å². The molecule has 1 unspecified atom stereocenters. The average molecular weight is 443 g/mol. The van der Waals surface area contributed by atoms with Crippen LogP contribution in [0.2, 0.25) is 64.0 Å². The van der Waals surface area contributed by atoms with Crippen molar-refractivity contribution in [1.82, 2.24) is 15.3 Å². The third-order valence-corrected chi connectivity index (χ3v) is 13.6. The lowest BCUT2D eigenvalue weighted by atomic mass is 10.4. The maximum atomic E-state index is 12.1. The lowest BCUT2D eigenvalue weighted by Gasteiger charge is -2.36. The van der Waals surface area contributed by atoms with Crippen LogP contribution in [0.5, 0.6) is 0 Å². The Morgan fingerprint density at radius 3 is 2.29 bits per heavy atom. The molecule has 0 fully saturated rings. The summed E-state index contributed by atoms with van der Waals surface area (Å²) in [7, 11) is -4.49. The highest BCUT2D eigenvalue weighted by molar-refractivity contribution is 6.86. The van der Waals surface area contributed by atoms with Crippen LogP contribution in [0, 0.1) is 6.92 Å². The standard InChI is InChI=1S/C18H38N4O3Si3/c1-15-14-16(23)21-17(20-15)22-18(24)19-10-9-11-28(8,25-27(5,6)7)13-12-26(2,3)4/h14H,9-13H2,1-8H3,(H3,19,20,21,22,23,24).